The molecule has 3 aliphatic heterocycles. The van der Waals surface area contributed by atoms with E-state index in [2.05, 4.69) is 20.1 Å². The minimum absolute atomic E-state index is 0.111. The lowest BCUT2D eigenvalue weighted by Gasteiger charge is -2.35. The summed E-state index contributed by atoms with van der Waals surface area (Å²) in [5.41, 5.74) is 1.98. The van der Waals surface area contributed by atoms with Crippen molar-refractivity contribution in [3.05, 3.63) is 47.1 Å². The third-order valence-corrected chi connectivity index (χ3v) is 5.28. The second-order valence-corrected chi connectivity index (χ2v) is 6.88. The summed E-state index contributed by atoms with van der Waals surface area (Å²) in [6, 6.07) is 8.31. The summed E-state index contributed by atoms with van der Waals surface area (Å²) in [5.74, 6) is 1.33. The van der Waals surface area contributed by atoms with Crippen molar-refractivity contribution in [3.8, 4) is 5.69 Å². The van der Waals surface area contributed by atoms with Gasteiger partial charge in [0.15, 0.2) is 12.0 Å². The van der Waals surface area contributed by atoms with Crippen molar-refractivity contribution in [2.24, 2.45) is 4.99 Å². The lowest BCUT2D eigenvalue weighted by molar-refractivity contribution is 0.103. The van der Waals surface area contributed by atoms with Gasteiger partial charge in [0.1, 0.15) is 12.4 Å². The maximum absolute atomic E-state index is 6.36. The molecular formula is C17H14ClN7O2. The number of nitrogens with zero attached hydrogens (tertiary/aromatic N) is 7. The van der Waals surface area contributed by atoms with Gasteiger partial charge in [-0.1, -0.05) is 23.4 Å². The number of rotatable bonds is 2. The van der Waals surface area contributed by atoms with Crippen LogP contribution in [-0.4, -0.2) is 32.6 Å². The molecule has 0 aliphatic carbocycles. The summed E-state index contributed by atoms with van der Waals surface area (Å²) in [6.45, 7) is 0.725. The number of halogens is 1. The van der Waals surface area contributed by atoms with Gasteiger partial charge in [-0.3, -0.25) is 4.57 Å². The molecule has 2 atom stereocenters. The highest BCUT2D eigenvalue weighted by atomic mass is 35.5. The summed E-state index contributed by atoms with van der Waals surface area (Å²) in [4.78, 5) is 13.5. The number of imidazole rings is 1. The Morgan fingerprint density at radius 3 is 3.04 bits per heavy atom. The van der Waals surface area contributed by atoms with Crippen LogP contribution in [0.3, 0.4) is 0 Å². The van der Waals surface area contributed by atoms with E-state index in [1.807, 2.05) is 33.8 Å². The average Bonchev–Trinajstić information content (AvgIpc) is 3.46. The van der Waals surface area contributed by atoms with E-state index in [1.165, 1.54) is 0 Å². The van der Waals surface area contributed by atoms with E-state index in [1.54, 1.807) is 17.5 Å². The van der Waals surface area contributed by atoms with Crippen LogP contribution >= 0.6 is 11.6 Å². The number of hydrogen-bond acceptors (Lipinski definition) is 8. The van der Waals surface area contributed by atoms with Gasteiger partial charge >= 0.3 is 6.01 Å². The molecule has 0 N–H and O–H groups in total. The minimum Gasteiger partial charge on any atom is -0.370 e. The Kier molecular flexibility index (Phi) is 3.12. The SMILES string of the molecule is Clc1ncc2n1-c1ccccc1C1N=CN(c3nc(C4CCCO4)no3)N21. The highest BCUT2D eigenvalue weighted by Crippen LogP contribution is 2.44. The van der Waals surface area contributed by atoms with Crippen molar-refractivity contribution in [3.63, 3.8) is 0 Å². The molecule has 1 aromatic carbocycles. The van der Waals surface area contributed by atoms with Crippen molar-refractivity contribution in [2.45, 2.75) is 25.1 Å². The van der Waals surface area contributed by atoms with Gasteiger partial charge in [-0.2, -0.15) is 9.99 Å². The molecule has 0 amide bonds. The molecule has 2 aromatic heterocycles. The Balaban J connectivity index is 1.44. The van der Waals surface area contributed by atoms with Gasteiger partial charge in [0.2, 0.25) is 11.1 Å². The molecule has 1 fully saturated rings. The van der Waals surface area contributed by atoms with Gasteiger partial charge in [0.25, 0.3) is 0 Å². The zero-order chi connectivity index (χ0) is 18.0. The second kappa shape index (κ2) is 5.54. The zero-order valence-corrected chi connectivity index (χ0v) is 14.8. The normalized spacial score (nSPS) is 22.9. The van der Waals surface area contributed by atoms with Gasteiger partial charge in [-0.25, -0.2) is 15.0 Å². The third kappa shape index (κ3) is 2.09. The monoisotopic (exact) mass is 383 g/mol. The third-order valence-electron chi connectivity index (χ3n) is 5.02. The summed E-state index contributed by atoms with van der Waals surface area (Å²) in [6.07, 6.45) is 4.94. The van der Waals surface area contributed by atoms with Crippen LogP contribution in [0.1, 0.15) is 36.5 Å². The Bertz CT molecular complexity index is 1060. The summed E-state index contributed by atoms with van der Waals surface area (Å²) >= 11 is 6.36. The topological polar surface area (TPSA) is 84.8 Å². The van der Waals surface area contributed by atoms with Crippen LogP contribution in [-0.2, 0) is 4.74 Å². The average molecular weight is 384 g/mol. The Labute approximate surface area is 158 Å². The number of benzene rings is 1. The predicted octanol–water partition coefficient (Wildman–Crippen LogP) is 3.04. The molecule has 6 rings (SSSR count). The van der Waals surface area contributed by atoms with Crippen molar-refractivity contribution in [1.29, 1.82) is 0 Å². The van der Waals surface area contributed by atoms with E-state index in [9.17, 15) is 0 Å². The van der Waals surface area contributed by atoms with Gasteiger partial charge in [-0.05, 0) is 30.5 Å². The van der Waals surface area contributed by atoms with Gasteiger partial charge in [0, 0.05) is 12.2 Å². The van der Waals surface area contributed by atoms with Gasteiger partial charge < -0.3 is 9.26 Å². The number of hydrazine groups is 1. The molecule has 27 heavy (non-hydrogen) atoms. The Morgan fingerprint density at radius 1 is 1.22 bits per heavy atom. The molecule has 2 unspecified atom stereocenters. The predicted molar refractivity (Wildman–Crippen MR) is 97.0 cm³/mol. The first kappa shape index (κ1) is 15.2. The molecule has 10 heteroatoms. The number of aromatic nitrogens is 4. The molecule has 5 heterocycles. The van der Waals surface area contributed by atoms with Crippen LogP contribution in [0.25, 0.3) is 5.69 Å². The molecule has 3 aromatic rings. The van der Waals surface area contributed by atoms with Crippen LogP contribution in [0.5, 0.6) is 0 Å². The molecular weight excluding hydrogens is 370 g/mol. The van der Waals surface area contributed by atoms with Gasteiger partial charge in [0.05, 0.1) is 11.9 Å². The second-order valence-electron chi connectivity index (χ2n) is 6.54. The maximum atomic E-state index is 6.36. The van der Waals surface area contributed by atoms with Crippen LogP contribution in [0.15, 0.2) is 40.0 Å². The molecule has 0 radical (unpaired) electrons. The standard InChI is InChI=1S/C17H14ClN7O2/c18-16-19-8-13-24(16)11-5-2-1-4-10(11)15-20-9-23(25(13)15)17-21-14(22-27-17)12-6-3-7-26-12/h1-2,4-5,8-9,12,15H,3,6-7H2. The smallest absolute Gasteiger partial charge is 0.348 e. The number of anilines is 2. The van der Waals surface area contributed by atoms with E-state index < -0.39 is 0 Å². The first-order valence-corrected chi connectivity index (χ1v) is 9.08. The van der Waals surface area contributed by atoms with E-state index >= 15 is 0 Å². The largest absolute Gasteiger partial charge is 0.370 e. The Hall–Kier alpha value is -2.91. The fraction of sp³-hybridized carbons (Fsp3) is 0.294. The van der Waals surface area contributed by atoms with E-state index in [0.29, 0.717) is 17.1 Å². The lowest BCUT2D eigenvalue weighted by Crippen LogP contribution is -2.42. The molecule has 0 spiro atoms. The highest BCUT2D eigenvalue weighted by molar-refractivity contribution is 6.29. The first-order chi connectivity index (χ1) is 13.3. The highest BCUT2D eigenvalue weighted by Gasteiger charge is 2.41. The molecule has 3 aliphatic rings. The molecule has 1 saturated heterocycles. The molecule has 0 bridgehead atoms. The fourth-order valence-corrected chi connectivity index (χ4v) is 4.03. The minimum atomic E-state index is -0.250. The van der Waals surface area contributed by atoms with E-state index in [-0.39, 0.29) is 12.3 Å². The summed E-state index contributed by atoms with van der Waals surface area (Å²) in [5, 5.41) is 8.15. The maximum Gasteiger partial charge on any atom is 0.348 e. The summed E-state index contributed by atoms with van der Waals surface area (Å²) < 4.78 is 13.0. The molecule has 9 nitrogen and oxygen atoms in total. The van der Waals surface area contributed by atoms with Crippen molar-refractivity contribution >= 4 is 29.8 Å². The lowest BCUT2D eigenvalue weighted by atomic mass is 10.1. The van der Waals surface area contributed by atoms with Crippen molar-refractivity contribution < 1.29 is 9.26 Å². The quantitative estimate of drug-likeness (QED) is 0.672. The zero-order valence-electron chi connectivity index (χ0n) is 14.1. The van der Waals surface area contributed by atoms with Gasteiger partial charge in [-0.15, -0.1) is 0 Å². The van der Waals surface area contributed by atoms with Crippen LogP contribution < -0.4 is 10.0 Å². The van der Waals surface area contributed by atoms with E-state index in [4.69, 9.17) is 20.9 Å². The van der Waals surface area contributed by atoms with Crippen LogP contribution in [0.2, 0.25) is 5.28 Å². The number of ether oxygens (including phenoxy) is 1. The Morgan fingerprint density at radius 2 is 2.15 bits per heavy atom. The summed E-state index contributed by atoms with van der Waals surface area (Å²) in [7, 11) is 0. The number of hydrogen-bond donors (Lipinski definition) is 0. The van der Waals surface area contributed by atoms with Crippen LogP contribution in [0, 0.1) is 0 Å². The molecule has 0 saturated carbocycles. The fourth-order valence-electron chi connectivity index (χ4n) is 3.80. The number of fused-ring (bicyclic) bond motifs is 6. The number of aliphatic imine (C=N–C) groups is 1. The van der Waals surface area contributed by atoms with Crippen LogP contribution in [0.4, 0.5) is 11.8 Å². The first-order valence-electron chi connectivity index (χ1n) is 8.71. The number of para-hydroxylation sites is 1. The van der Waals surface area contributed by atoms with E-state index in [0.717, 1.165) is 36.5 Å². The van der Waals surface area contributed by atoms with Crippen molar-refractivity contribution in [1.82, 2.24) is 19.7 Å². The van der Waals surface area contributed by atoms with Crippen molar-refractivity contribution in [2.75, 3.05) is 16.6 Å². The molecule has 136 valence electrons.